The molecule has 1 aromatic rings. The number of hydrogen-bond donors (Lipinski definition) is 1. The zero-order valence-electron chi connectivity index (χ0n) is 12.0. The highest BCUT2D eigenvalue weighted by atomic mass is 16.4. The van der Waals surface area contributed by atoms with Crippen LogP contribution in [0, 0.1) is 0 Å². The Morgan fingerprint density at radius 3 is 2.45 bits per heavy atom. The predicted molar refractivity (Wildman–Crippen MR) is 76.5 cm³/mol. The van der Waals surface area contributed by atoms with E-state index >= 15 is 0 Å². The zero-order valence-corrected chi connectivity index (χ0v) is 12.0. The molecule has 1 N–H and O–H groups in total. The van der Waals surface area contributed by atoms with Gasteiger partial charge in [-0.25, -0.2) is 4.79 Å². The van der Waals surface area contributed by atoms with Gasteiger partial charge < -0.3 is 10.0 Å². The molecule has 0 aliphatic heterocycles. The third-order valence-electron chi connectivity index (χ3n) is 4.52. The minimum atomic E-state index is -1.12. The van der Waals surface area contributed by atoms with E-state index < -0.39 is 11.5 Å². The van der Waals surface area contributed by atoms with Crippen molar-refractivity contribution in [2.24, 2.45) is 0 Å². The second-order valence-corrected chi connectivity index (χ2v) is 5.52. The van der Waals surface area contributed by atoms with Gasteiger partial charge in [-0.15, -0.1) is 0 Å². The van der Waals surface area contributed by atoms with Crippen molar-refractivity contribution in [2.45, 2.75) is 44.1 Å². The van der Waals surface area contributed by atoms with Crippen LogP contribution >= 0.6 is 0 Å². The average molecular weight is 275 g/mol. The maximum atomic E-state index is 12.0. The second kappa shape index (κ2) is 5.65. The van der Waals surface area contributed by atoms with Crippen molar-refractivity contribution < 1.29 is 14.7 Å². The molecule has 2 rings (SSSR count). The van der Waals surface area contributed by atoms with Gasteiger partial charge in [-0.1, -0.05) is 43.2 Å². The Labute approximate surface area is 119 Å². The summed E-state index contributed by atoms with van der Waals surface area (Å²) >= 11 is 0. The van der Waals surface area contributed by atoms with Gasteiger partial charge in [-0.3, -0.25) is 4.79 Å². The van der Waals surface area contributed by atoms with Crippen LogP contribution in [0.1, 0.15) is 44.1 Å². The van der Waals surface area contributed by atoms with Crippen molar-refractivity contribution in [1.82, 2.24) is 4.90 Å². The molecule has 0 saturated heterocycles. The summed E-state index contributed by atoms with van der Waals surface area (Å²) in [5.74, 6) is -1.25. The first kappa shape index (κ1) is 14.6. The monoisotopic (exact) mass is 275 g/mol. The number of aliphatic carboxylic acids is 1. The van der Waals surface area contributed by atoms with E-state index in [1.807, 2.05) is 30.3 Å². The summed E-state index contributed by atoms with van der Waals surface area (Å²) in [6.07, 6.45) is 3.15. The van der Waals surface area contributed by atoms with Gasteiger partial charge in [0.1, 0.15) is 5.54 Å². The van der Waals surface area contributed by atoms with Gasteiger partial charge >= 0.3 is 5.97 Å². The highest BCUT2D eigenvalue weighted by Gasteiger charge is 2.51. The SMILES string of the molecule is CC(=O)N(C)C1(C(=O)O)CCCCC1c1ccccc1. The first-order chi connectivity index (χ1) is 9.50. The Morgan fingerprint density at radius 1 is 1.25 bits per heavy atom. The van der Waals surface area contributed by atoms with E-state index in [1.54, 1.807) is 7.05 Å². The van der Waals surface area contributed by atoms with Crippen molar-refractivity contribution in [1.29, 1.82) is 0 Å². The first-order valence-electron chi connectivity index (χ1n) is 7.03. The van der Waals surface area contributed by atoms with Crippen molar-refractivity contribution in [3.05, 3.63) is 35.9 Å². The molecule has 108 valence electrons. The van der Waals surface area contributed by atoms with Gasteiger partial charge in [0.15, 0.2) is 0 Å². The lowest BCUT2D eigenvalue weighted by molar-refractivity contribution is -0.161. The molecule has 0 bridgehead atoms. The van der Waals surface area contributed by atoms with Crippen LogP contribution in [0.5, 0.6) is 0 Å². The largest absolute Gasteiger partial charge is 0.479 e. The molecule has 0 heterocycles. The number of likely N-dealkylation sites (N-methyl/N-ethyl adjacent to an activating group) is 1. The van der Waals surface area contributed by atoms with Crippen LogP contribution < -0.4 is 0 Å². The summed E-state index contributed by atoms with van der Waals surface area (Å²) in [4.78, 5) is 25.2. The van der Waals surface area contributed by atoms with Gasteiger partial charge in [0.2, 0.25) is 5.91 Å². The number of carboxylic acid groups (broad SMARTS) is 1. The van der Waals surface area contributed by atoms with Crippen LogP contribution in [0.2, 0.25) is 0 Å². The summed E-state index contributed by atoms with van der Waals surface area (Å²) < 4.78 is 0. The molecule has 1 amide bonds. The topological polar surface area (TPSA) is 57.6 Å². The van der Waals surface area contributed by atoms with Crippen LogP contribution in [0.3, 0.4) is 0 Å². The lowest BCUT2D eigenvalue weighted by atomic mass is 9.68. The molecule has 1 aliphatic rings. The Bertz CT molecular complexity index is 500. The predicted octanol–water partition coefficient (Wildman–Crippen LogP) is 2.65. The molecule has 1 aromatic carbocycles. The molecule has 1 saturated carbocycles. The van der Waals surface area contributed by atoms with E-state index in [1.165, 1.54) is 11.8 Å². The number of benzene rings is 1. The number of hydrogen-bond acceptors (Lipinski definition) is 2. The number of carbonyl (C=O) groups is 2. The molecule has 2 unspecified atom stereocenters. The van der Waals surface area contributed by atoms with E-state index in [-0.39, 0.29) is 11.8 Å². The van der Waals surface area contributed by atoms with Crippen LogP contribution in [0.25, 0.3) is 0 Å². The Balaban J connectivity index is 2.51. The van der Waals surface area contributed by atoms with Crippen LogP contribution in [-0.2, 0) is 9.59 Å². The molecule has 0 spiro atoms. The van der Waals surface area contributed by atoms with E-state index in [4.69, 9.17) is 0 Å². The maximum absolute atomic E-state index is 12.0. The number of nitrogens with zero attached hydrogens (tertiary/aromatic N) is 1. The smallest absolute Gasteiger partial charge is 0.330 e. The fraction of sp³-hybridized carbons (Fsp3) is 0.500. The highest BCUT2D eigenvalue weighted by molar-refractivity contribution is 5.87. The van der Waals surface area contributed by atoms with Crippen molar-refractivity contribution >= 4 is 11.9 Å². The van der Waals surface area contributed by atoms with E-state index in [0.717, 1.165) is 24.8 Å². The van der Waals surface area contributed by atoms with Gasteiger partial charge in [-0.05, 0) is 18.4 Å². The summed E-state index contributed by atoms with van der Waals surface area (Å²) in [6, 6.07) is 9.68. The lowest BCUT2D eigenvalue weighted by Crippen LogP contribution is -2.59. The summed E-state index contributed by atoms with van der Waals surface area (Å²) in [5.41, 5.74) is -0.117. The summed E-state index contributed by atoms with van der Waals surface area (Å²) in [6.45, 7) is 1.43. The Hall–Kier alpha value is -1.84. The first-order valence-corrected chi connectivity index (χ1v) is 7.03. The van der Waals surface area contributed by atoms with Crippen molar-refractivity contribution in [3.63, 3.8) is 0 Å². The fourth-order valence-corrected chi connectivity index (χ4v) is 3.37. The minimum Gasteiger partial charge on any atom is -0.479 e. The van der Waals surface area contributed by atoms with Gasteiger partial charge in [0.25, 0.3) is 0 Å². The maximum Gasteiger partial charge on any atom is 0.330 e. The van der Waals surface area contributed by atoms with Crippen molar-refractivity contribution in [3.8, 4) is 0 Å². The van der Waals surface area contributed by atoms with E-state index in [2.05, 4.69) is 0 Å². The zero-order chi connectivity index (χ0) is 14.8. The Morgan fingerprint density at radius 2 is 1.90 bits per heavy atom. The van der Waals surface area contributed by atoms with Crippen LogP contribution in [0.4, 0.5) is 0 Å². The molecule has 0 radical (unpaired) electrons. The van der Waals surface area contributed by atoms with Crippen LogP contribution in [0.15, 0.2) is 30.3 Å². The molecule has 1 fully saturated rings. The lowest BCUT2D eigenvalue weighted by Gasteiger charge is -2.46. The standard InChI is InChI=1S/C16H21NO3/c1-12(18)17(2)16(15(19)20)11-7-6-10-14(16)13-8-4-3-5-9-13/h3-5,8-9,14H,6-7,10-11H2,1-2H3,(H,19,20). The molecule has 4 nitrogen and oxygen atoms in total. The van der Waals surface area contributed by atoms with Gasteiger partial charge in [-0.2, -0.15) is 0 Å². The number of carbonyl (C=O) groups excluding carboxylic acids is 1. The Kier molecular flexibility index (Phi) is 4.12. The van der Waals surface area contributed by atoms with E-state index in [0.29, 0.717) is 6.42 Å². The molecular weight excluding hydrogens is 254 g/mol. The minimum absolute atomic E-state index is 0.149. The molecule has 1 aliphatic carbocycles. The number of rotatable bonds is 3. The summed E-state index contributed by atoms with van der Waals surface area (Å²) in [5, 5.41) is 9.85. The number of carboxylic acids is 1. The third kappa shape index (κ3) is 2.30. The van der Waals surface area contributed by atoms with Crippen LogP contribution in [-0.4, -0.2) is 34.5 Å². The van der Waals surface area contributed by atoms with E-state index in [9.17, 15) is 14.7 Å². The molecular formula is C16H21NO3. The van der Waals surface area contributed by atoms with Gasteiger partial charge in [0.05, 0.1) is 0 Å². The third-order valence-corrected chi connectivity index (χ3v) is 4.52. The number of amides is 1. The summed E-state index contributed by atoms with van der Waals surface area (Å²) in [7, 11) is 1.61. The average Bonchev–Trinajstić information content (AvgIpc) is 2.46. The molecule has 20 heavy (non-hydrogen) atoms. The fourth-order valence-electron chi connectivity index (χ4n) is 3.37. The molecule has 2 atom stereocenters. The van der Waals surface area contributed by atoms with Crippen molar-refractivity contribution in [2.75, 3.05) is 7.05 Å². The molecule has 4 heteroatoms. The second-order valence-electron chi connectivity index (χ2n) is 5.52. The normalized spacial score (nSPS) is 26.0. The highest BCUT2D eigenvalue weighted by Crippen LogP contribution is 2.44. The molecule has 0 aromatic heterocycles. The quantitative estimate of drug-likeness (QED) is 0.922. The van der Waals surface area contributed by atoms with Gasteiger partial charge in [0, 0.05) is 19.9 Å².